The van der Waals surface area contributed by atoms with E-state index in [0.29, 0.717) is 0 Å². The highest BCUT2D eigenvalue weighted by Crippen LogP contribution is 2.29. The van der Waals surface area contributed by atoms with Crippen molar-refractivity contribution < 1.29 is 39.5 Å². The van der Waals surface area contributed by atoms with Crippen molar-refractivity contribution in [3.63, 3.8) is 0 Å². The minimum Gasteiger partial charge on any atom is -0.387 e. The molecule has 0 saturated heterocycles. The Balaban J connectivity index is 2.81. The third kappa shape index (κ3) is 2.55. The van der Waals surface area contributed by atoms with Crippen molar-refractivity contribution in [1.29, 1.82) is 0 Å². The summed E-state index contributed by atoms with van der Waals surface area (Å²) in [5, 5.41) is 46.1. The van der Waals surface area contributed by atoms with Crippen LogP contribution in [0.15, 0.2) is 0 Å². The predicted octanol–water partition coefficient (Wildman–Crippen LogP) is -3.43. The molecule has 0 aromatic carbocycles. The van der Waals surface area contributed by atoms with Gasteiger partial charge in [0.2, 0.25) is 0 Å². The molecule has 1 fully saturated rings. The van der Waals surface area contributed by atoms with Crippen LogP contribution in [-0.4, -0.2) is 67.0 Å². The summed E-state index contributed by atoms with van der Waals surface area (Å²) in [4.78, 5) is 8.45. The van der Waals surface area contributed by atoms with E-state index in [1.54, 1.807) is 0 Å². The highest BCUT2D eigenvalue weighted by atomic mass is 31.1. The molecule has 6 N–H and O–H groups in total. The van der Waals surface area contributed by atoms with E-state index in [-0.39, 0.29) is 0 Å². The quantitative estimate of drug-likeness (QED) is 0.275. The van der Waals surface area contributed by atoms with Gasteiger partial charge in [0, 0.05) is 0 Å². The van der Waals surface area contributed by atoms with E-state index in [4.69, 9.17) is 10.00 Å². The fourth-order valence-electron chi connectivity index (χ4n) is 1.45. The second kappa shape index (κ2) is 4.86. The molecule has 1 aliphatic rings. The van der Waals surface area contributed by atoms with Gasteiger partial charge < -0.3 is 34.9 Å². The molecule has 0 bridgehead atoms. The summed E-state index contributed by atoms with van der Waals surface area (Å²) in [5.41, 5.74) is 0. The number of rotatable bonds is 2. The lowest BCUT2D eigenvalue weighted by Gasteiger charge is -2.40. The first-order chi connectivity index (χ1) is 6.86. The van der Waals surface area contributed by atoms with Gasteiger partial charge >= 0.3 is 8.25 Å². The number of aliphatic hydroxyl groups is 5. The van der Waals surface area contributed by atoms with Crippen LogP contribution in [0.5, 0.6) is 0 Å². The van der Waals surface area contributed by atoms with Crippen LogP contribution in [0.3, 0.4) is 0 Å². The Morgan fingerprint density at radius 2 is 1.13 bits per heavy atom. The lowest BCUT2D eigenvalue weighted by atomic mass is 9.85. The normalized spacial score (nSPS) is 48.9. The summed E-state index contributed by atoms with van der Waals surface area (Å²) < 4.78 is 14.6. The van der Waals surface area contributed by atoms with Crippen molar-refractivity contribution >= 4 is 8.25 Å². The van der Waals surface area contributed by atoms with Gasteiger partial charge in [0.25, 0.3) is 0 Å². The van der Waals surface area contributed by atoms with Crippen LogP contribution in [0.4, 0.5) is 0 Å². The summed E-state index contributed by atoms with van der Waals surface area (Å²) in [6.07, 6.45) is -10.4. The fourth-order valence-corrected chi connectivity index (χ4v) is 1.96. The molecule has 1 aliphatic carbocycles. The van der Waals surface area contributed by atoms with Gasteiger partial charge in [0.15, 0.2) is 0 Å². The second-order valence-electron chi connectivity index (χ2n) is 3.30. The molecular weight excluding hydrogens is 231 g/mol. The summed E-state index contributed by atoms with van der Waals surface area (Å²) in [6, 6.07) is 0. The van der Waals surface area contributed by atoms with Gasteiger partial charge in [-0.1, -0.05) is 0 Å². The maximum atomic E-state index is 10.4. The first-order valence-corrected chi connectivity index (χ1v) is 5.42. The maximum Gasteiger partial charge on any atom is 0.317 e. The number of aliphatic hydroxyl groups excluding tert-OH is 5. The summed E-state index contributed by atoms with van der Waals surface area (Å²) in [5.74, 6) is 0. The SMILES string of the molecule is O=[PH](O)OC1[C@H](O)[C@H](O)[C@@H](O)[C@H](O)[C@H]1O. The van der Waals surface area contributed by atoms with Crippen molar-refractivity contribution in [2.24, 2.45) is 0 Å². The topological polar surface area (TPSA) is 148 Å². The lowest BCUT2D eigenvalue weighted by molar-refractivity contribution is -0.217. The van der Waals surface area contributed by atoms with Crippen molar-refractivity contribution in [1.82, 2.24) is 0 Å². The van der Waals surface area contributed by atoms with Crippen LogP contribution in [-0.2, 0) is 9.09 Å². The van der Waals surface area contributed by atoms with E-state index in [9.17, 15) is 25.0 Å². The predicted molar refractivity (Wildman–Crippen MR) is 46.1 cm³/mol. The maximum absolute atomic E-state index is 10.4. The van der Waals surface area contributed by atoms with Crippen LogP contribution in [0.2, 0.25) is 0 Å². The third-order valence-electron chi connectivity index (χ3n) is 2.31. The second-order valence-corrected chi connectivity index (χ2v) is 4.07. The molecule has 2 unspecified atom stereocenters. The summed E-state index contributed by atoms with van der Waals surface area (Å²) >= 11 is 0. The van der Waals surface area contributed by atoms with Gasteiger partial charge in [-0.2, -0.15) is 0 Å². The molecule has 1 saturated carbocycles. The number of hydrogen-bond donors (Lipinski definition) is 6. The van der Waals surface area contributed by atoms with Crippen molar-refractivity contribution in [2.75, 3.05) is 0 Å². The van der Waals surface area contributed by atoms with E-state index in [1.165, 1.54) is 0 Å². The van der Waals surface area contributed by atoms with Gasteiger partial charge in [0.1, 0.15) is 36.6 Å². The molecule has 90 valence electrons. The molecule has 0 spiro atoms. The molecule has 0 aromatic heterocycles. The molecule has 0 aliphatic heterocycles. The average Bonchev–Trinajstić information content (AvgIpc) is 2.18. The number of hydrogen-bond acceptors (Lipinski definition) is 7. The Bertz CT molecular complexity index is 231. The molecule has 0 radical (unpaired) electrons. The first kappa shape index (κ1) is 13.0. The molecule has 7 atom stereocenters. The monoisotopic (exact) mass is 244 g/mol. The van der Waals surface area contributed by atoms with Gasteiger partial charge in [-0.05, 0) is 0 Å². The standard InChI is InChI=1S/C6H13O8P/c7-1-2(8)4(10)6(14-15(12)13)5(11)3(1)9/h1-11,15H,(H,12,13)/t1-,2-,3+,4-,5-,6?/m1/s1. The van der Waals surface area contributed by atoms with Crippen LogP contribution >= 0.6 is 8.25 Å². The Kier molecular flexibility index (Phi) is 4.21. The van der Waals surface area contributed by atoms with Crippen LogP contribution in [0.25, 0.3) is 0 Å². The third-order valence-corrected chi connectivity index (χ3v) is 2.78. The smallest absolute Gasteiger partial charge is 0.317 e. The molecule has 1 rings (SSSR count). The largest absolute Gasteiger partial charge is 0.387 e. The molecule has 0 amide bonds. The van der Waals surface area contributed by atoms with E-state index in [2.05, 4.69) is 4.52 Å². The molecule has 9 heteroatoms. The molecule has 15 heavy (non-hydrogen) atoms. The van der Waals surface area contributed by atoms with Crippen molar-refractivity contribution in [2.45, 2.75) is 36.6 Å². The fraction of sp³-hybridized carbons (Fsp3) is 1.00. The van der Waals surface area contributed by atoms with E-state index >= 15 is 0 Å². The average molecular weight is 244 g/mol. The Hall–Kier alpha value is -0.0500. The van der Waals surface area contributed by atoms with Gasteiger partial charge in [-0.15, -0.1) is 0 Å². The van der Waals surface area contributed by atoms with Gasteiger partial charge in [0.05, 0.1) is 0 Å². The summed E-state index contributed by atoms with van der Waals surface area (Å²) in [6.45, 7) is 0. The first-order valence-electron chi connectivity index (χ1n) is 4.16. The zero-order valence-corrected chi connectivity index (χ0v) is 8.46. The lowest BCUT2D eigenvalue weighted by Crippen LogP contribution is -2.63. The molecule has 0 aromatic rings. The van der Waals surface area contributed by atoms with Crippen LogP contribution in [0, 0.1) is 0 Å². The van der Waals surface area contributed by atoms with E-state index in [0.717, 1.165) is 0 Å². The molecular formula is C6H13O8P. The highest BCUT2D eigenvalue weighted by Gasteiger charge is 2.49. The van der Waals surface area contributed by atoms with Gasteiger partial charge in [-0.25, -0.2) is 0 Å². The minimum atomic E-state index is -3.44. The van der Waals surface area contributed by atoms with Crippen molar-refractivity contribution in [3.05, 3.63) is 0 Å². The Morgan fingerprint density at radius 3 is 1.47 bits per heavy atom. The van der Waals surface area contributed by atoms with Gasteiger partial charge in [-0.3, -0.25) is 4.57 Å². The van der Waals surface area contributed by atoms with Crippen LogP contribution < -0.4 is 0 Å². The summed E-state index contributed by atoms with van der Waals surface area (Å²) in [7, 11) is -3.44. The zero-order valence-electron chi connectivity index (χ0n) is 7.46. The zero-order chi connectivity index (χ0) is 11.7. The molecule has 0 heterocycles. The van der Waals surface area contributed by atoms with Crippen molar-refractivity contribution in [3.8, 4) is 0 Å². The van der Waals surface area contributed by atoms with Crippen LogP contribution in [0.1, 0.15) is 0 Å². The Morgan fingerprint density at radius 1 is 0.800 bits per heavy atom. The highest BCUT2D eigenvalue weighted by molar-refractivity contribution is 7.32. The van der Waals surface area contributed by atoms with E-state index in [1.807, 2.05) is 0 Å². The van der Waals surface area contributed by atoms with E-state index < -0.39 is 44.9 Å². The minimum absolute atomic E-state index is 1.62. The Labute approximate surface area is 85.3 Å². The molecule has 8 nitrogen and oxygen atoms in total.